The molecule has 0 unspecified atom stereocenters. The van der Waals surface area contributed by atoms with Gasteiger partial charge in [0.15, 0.2) is 0 Å². The molecule has 0 saturated heterocycles. The minimum Gasteiger partial charge on any atom is -0.336 e. The number of carbonyl (C=O) groups excluding carboxylic acids is 1. The maximum Gasteiger partial charge on any atom is 0.289 e. The van der Waals surface area contributed by atoms with Crippen molar-refractivity contribution in [3.8, 4) is 0 Å². The van der Waals surface area contributed by atoms with Crippen LogP contribution in [-0.4, -0.2) is 23.3 Å². The van der Waals surface area contributed by atoms with Gasteiger partial charge in [-0.3, -0.25) is 4.79 Å². The molecule has 0 N–H and O–H groups in total. The van der Waals surface area contributed by atoms with Crippen LogP contribution in [0.4, 0.5) is 4.79 Å². The van der Waals surface area contributed by atoms with Gasteiger partial charge in [-0.15, -0.1) is 0 Å². The zero-order chi connectivity index (χ0) is 11.4. The molecular formula is C12H16BrNO. The highest BCUT2D eigenvalue weighted by Crippen LogP contribution is 2.10. The van der Waals surface area contributed by atoms with Gasteiger partial charge in [0.05, 0.1) is 0 Å². The summed E-state index contributed by atoms with van der Waals surface area (Å²) in [6.07, 6.45) is 0.898. The fourth-order valence-corrected chi connectivity index (χ4v) is 1.52. The third-order valence-corrected chi connectivity index (χ3v) is 3.21. The van der Waals surface area contributed by atoms with Crippen LogP contribution >= 0.6 is 15.9 Å². The molecule has 0 aliphatic rings. The van der Waals surface area contributed by atoms with E-state index in [1.54, 1.807) is 11.9 Å². The molecule has 3 heteroatoms. The zero-order valence-electron chi connectivity index (χ0n) is 9.38. The molecule has 1 amide bonds. The lowest BCUT2D eigenvalue weighted by molar-refractivity contribution is 0.235. The summed E-state index contributed by atoms with van der Waals surface area (Å²) in [7, 11) is 1.79. The molecule has 0 aromatic heterocycles. The molecule has 0 spiro atoms. The molecule has 0 heterocycles. The van der Waals surface area contributed by atoms with Gasteiger partial charge < -0.3 is 4.90 Å². The van der Waals surface area contributed by atoms with Gasteiger partial charge in [-0.05, 0) is 37.0 Å². The van der Waals surface area contributed by atoms with Crippen LogP contribution in [0, 0.1) is 13.8 Å². The molecule has 0 aliphatic heterocycles. The Morgan fingerprint density at radius 3 is 2.53 bits per heavy atom. The number of carbonyl (C=O) groups is 1. The van der Waals surface area contributed by atoms with Crippen LogP contribution in [0.2, 0.25) is 0 Å². The molecule has 1 rings (SSSR count). The van der Waals surface area contributed by atoms with Crippen molar-refractivity contribution < 1.29 is 4.79 Å². The first-order valence-electron chi connectivity index (χ1n) is 4.97. The smallest absolute Gasteiger partial charge is 0.289 e. The first kappa shape index (κ1) is 12.2. The average molecular weight is 270 g/mol. The number of amides is 1. The number of nitrogens with zero attached hydrogens (tertiary/aromatic N) is 1. The summed E-state index contributed by atoms with van der Waals surface area (Å²) in [5.41, 5.74) is 3.89. The molecule has 0 fully saturated rings. The van der Waals surface area contributed by atoms with E-state index in [1.807, 2.05) is 0 Å². The van der Waals surface area contributed by atoms with Crippen molar-refractivity contribution >= 4 is 20.7 Å². The van der Waals surface area contributed by atoms with Crippen molar-refractivity contribution in [1.29, 1.82) is 0 Å². The lowest BCUT2D eigenvalue weighted by atomic mass is 10.0. The summed E-state index contributed by atoms with van der Waals surface area (Å²) < 4.78 is 0. The van der Waals surface area contributed by atoms with E-state index >= 15 is 0 Å². The molecule has 2 nitrogen and oxygen atoms in total. The normalized spacial score (nSPS) is 10.1. The van der Waals surface area contributed by atoms with Crippen LogP contribution in [0.3, 0.4) is 0 Å². The fraction of sp³-hybridized carbons (Fsp3) is 0.417. The van der Waals surface area contributed by atoms with E-state index in [9.17, 15) is 4.79 Å². The summed E-state index contributed by atoms with van der Waals surface area (Å²) in [5.74, 6) is 0. The largest absolute Gasteiger partial charge is 0.336 e. The molecule has 1 aromatic carbocycles. The van der Waals surface area contributed by atoms with Crippen molar-refractivity contribution in [3.05, 3.63) is 34.9 Å². The first-order chi connectivity index (χ1) is 7.00. The number of hydrogen-bond donors (Lipinski definition) is 0. The van der Waals surface area contributed by atoms with Crippen LogP contribution in [-0.2, 0) is 6.42 Å². The van der Waals surface area contributed by atoms with E-state index in [2.05, 4.69) is 48.0 Å². The van der Waals surface area contributed by atoms with Gasteiger partial charge in [0.2, 0.25) is 0 Å². The summed E-state index contributed by atoms with van der Waals surface area (Å²) in [6, 6.07) is 6.43. The number of hydrogen-bond acceptors (Lipinski definition) is 1. The van der Waals surface area contributed by atoms with Crippen molar-refractivity contribution in [2.75, 3.05) is 13.6 Å². The van der Waals surface area contributed by atoms with Gasteiger partial charge in [0.25, 0.3) is 4.82 Å². The third-order valence-electron chi connectivity index (χ3n) is 2.61. The van der Waals surface area contributed by atoms with Crippen LogP contribution in [0.5, 0.6) is 0 Å². The van der Waals surface area contributed by atoms with E-state index in [-0.39, 0.29) is 4.82 Å². The van der Waals surface area contributed by atoms with E-state index in [0.29, 0.717) is 0 Å². The molecule has 0 radical (unpaired) electrons. The minimum atomic E-state index is -0.0636. The second kappa shape index (κ2) is 5.31. The van der Waals surface area contributed by atoms with Crippen molar-refractivity contribution in [2.24, 2.45) is 0 Å². The number of rotatable bonds is 3. The Morgan fingerprint density at radius 2 is 2.00 bits per heavy atom. The number of benzene rings is 1. The number of aryl methyl sites for hydroxylation is 2. The Labute approximate surface area is 99.4 Å². The monoisotopic (exact) mass is 269 g/mol. The molecule has 0 atom stereocenters. The van der Waals surface area contributed by atoms with Gasteiger partial charge >= 0.3 is 0 Å². The lowest BCUT2D eigenvalue weighted by Crippen LogP contribution is -2.23. The molecule has 0 saturated carbocycles. The maximum atomic E-state index is 10.9. The van der Waals surface area contributed by atoms with Gasteiger partial charge in [0.1, 0.15) is 0 Å². The Morgan fingerprint density at radius 1 is 1.33 bits per heavy atom. The minimum absolute atomic E-state index is 0.0636. The van der Waals surface area contributed by atoms with Gasteiger partial charge in [-0.25, -0.2) is 0 Å². The van der Waals surface area contributed by atoms with Gasteiger partial charge in [0, 0.05) is 29.5 Å². The van der Waals surface area contributed by atoms with E-state index < -0.39 is 0 Å². The summed E-state index contributed by atoms with van der Waals surface area (Å²) >= 11 is 2.93. The quantitative estimate of drug-likeness (QED) is 0.609. The molecule has 0 bridgehead atoms. The highest BCUT2D eigenvalue weighted by Gasteiger charge is 2.04. The Kier molecular flexibility index (Phi) is 4.33. The van der Waals surface area contributed by atoms with Crippen LogP contribution < -0.4 is 0 Å². The second-order valence-corrected chi connectivity index (χ2v) is 4.52. The Balaban J connectivity index is 2.58. The Bertz CT molecular complexity index is 363. The predicted octanol–water partition coefficient (Wildman–Crippen LogP) is 3.29. The zero-order valence-corrected chi connectivity index (χ0v) is 11.0. The third kappa shape index (κ3) is 3.67. The number of likely N-dealkylation sites (N-methyl/N-ethyl adjacent to an activating group) is 1. The van der Waals surface area contributed by atoms with Crippen molar-refractivity contribution in [3.63, 3.8) is 0 Å². The molecule has 82 valence electrons. The lowest BCUT2D eigenvalue weighted by Gasteiger charge is -2.13. The van der Waals surface area contributed by atoms with Gasteiger partial charge in [-0.2, -0.15) is 0 Å². The van der Waals surface area contributed by atoms with E-state index in [1.165, 1.54) is 16.7 Å². The summed E-state index contributed by atoms with van der Waals surface area (Å²) in [6.45, 7) is 4.96. The highest BCUT2D eigenvalue weighted by molar-refractivity contribution is 9.18. The SMILES string of the molecule is Cc1ccc(CCN(C)C(=O)Br)cc1C. The van der Waals surface area contributed by atoms with Crippen molar-refractivity contribution in [2.45, 2.75) is 20.3 Å². The van der Waals surface area contributed by atoms with E-state index in [4.69, 9.17) is 0 Å². The Hall–Kier alpha value is -0.830. The second-order valence-electron chi connectivity index (χ2n) is 3.84. The van der Waals surface area contributed by atoms with Crippen LogP contribution in [0.1, 0.15) is 16.7 Å². The summed E-state index contributed by atoms with van der Waals surface area (Å²) in [4.78, 5) is 12.5. The van der Waals surface area contributed by atoms with E-state index in [0.717, 1.165) is 13.0 Å². The molecule has 15 heavy (non-hydrogen) atoms. The average Bonchev–Trinajstić information content (AvgIpc) is 2.19. The van der Waals surface area contributed by atoms with Gasteiger partial charge in [-0.1, -0.05) is 18.2 Å². The maximum absolute atomic E-state index is 10.9. The first-order valence-corrected chi connectivity index (χ1v) is 5.76. The molecule has 0 aliphatic carbocycles. The van der Waals surface area contributed by atoms with Crippen LogP contribution in [0.25, 0.3) is 0 Å². The standard InChI is InChI=1S/C12H16BrNO/c1-9-4-5-11(8-10(9)2)6-7-14(3)12(13)15/h4-5,8H,6-7H2,1-3H3. The fourth-order valence-electron chi connectivity index (χ4n) is 1.34. The molecule has 1 aromatic rings. The summed E-state index contributed by atoms with van der Waals surface area (Å²) in [5, 5.41) is 0. The predicted molar refractivity (Wildman–Crippen MR) is 66.6 cm³/mol. The topological polar surface area (TPSA) is 20.3 Å². The van der Waals surface area contributed by atoms with Crippen molar-refractivity contribution in [1.82, 2.24) is 4.90 Å². The molecular weight excluding hydrogens is 254 g/mol. The number of halogens is 1. The highest BCUT2D eigenvalue weighted by atomic mass is 79.9. The van der Waals surface area contributed by atoms with Crippen LogP contribution in [0.15, 0.2) is 18.2 Å².